The quantitative estimate of drug-likeness (QED) is 0.676. The average Bonchev–Trinajstić information content (AvgIpc) is 2.62. The molecule has 3 rings (SSSR count). The molecule has 2 aromatic heterocycles. The van der Waals surface area contributed by atoms with E-state index in [1.54, 1.807) is 36.6 Å². The summed E-state index contributed by atoms with van der Waals surface area (Å²) in [4.78, 5) is 36.8. The number of nitrogens with one attached hydrogen (secondary N) is 3. The number of rotatable bonds is 6. The Morgan fingerprint density at radius 1 is 1.46 bits per heavy atom. The van der Waals surface area contributed by atoms with Crippen LogP contribution in [0, 0.1) is 5.92 Å². The fraction of sp³-hybridized carbons (Fsp3) is 0.333. The number of pyridine rings is 1. The van der Waals surface area contributed by atoms with E-state index < -0.39 is 0 Å². The summed E-state index contributed by atoms with van der Waals surface area (Å²) in [5.74, 6) is 0.878. The Balaban J connectivity index is 1.73. The standard InChI is InChI=1S/C18H22N6O2/c1-4-17(25)24-9-13(10-24)11(2)22-14-5-12(6-21-18(14)26)15-7-20-8-16(19-3)23-15/h4-8,11,13,22H,1,9-10H2,2-3H3,(H,19,23)(H,21,26). The zero-order valence-electron chi connectivity index (χ0n) is 14.8. The molecule has 3 N–H and O–H groups in total. The highest BCUT2D eigenvalue weighted by molar-refractivity contribution is 5.87. The Morgan fingerprint density at radius 2 is 2.23 bits per heavy atom. The molecule has 3 heterocycles. The highest BCUT2D eigenvalue weighted by Crippen LogP contribution is 2.23. The molecule has 26 heavy (non-hydrogen) atoms. The summed E-state index contributed by atoms with van der Waals surface area (Å²) >= 11 is 0. The van der Waals surface area contributed by atoms with Crippen LogP contribution in [0.5, 0.6) is 0 Å². The molecular formula is C18H22N6O2. The second-order valence-electron chi connectivity index (χ2n) is 6.31. The fourth-order valence-electron chi connectivity index (χ4n) is 2.87. The summed E-state index contributed by atoms with van der Waals surface area (Å²) in [6.07, 6.45) is 6.22. The van der Waals surface area contributed by atoms with Gasteiger partial charge in [-0.15, -0.1) is 0 Å². The molecule has 1 unspecified atom stereocenters. The molecule has 8 heteroatoms. The van der Waals surface area contributed by atoms with Gasteiger partial charge in [0.2, 0.25) is 5.91 Å². The molecule has 1 aliphatic heterocycles. The topological polar surface area (TPSA) is 103 Å². The maximum Gasteiger partial charge on any atom is 0.271 e. The molecule has 1 aliphatic rings. The van der Waals surface area contributed by atoms with Gasteiger partial charge >= 0.3 is 0 Å². The third kappa shape index (κ3) is 3.58. The van der Waals surface area contributed by atoms with E-state index in [-0.39, 0.29) is 23.4 Å². The highest BCUT2D eigenvalue weighted by Gasteiger charge is 2.33. The van der Waals surface area contributed by atoms with E-state index in [0.29, 0.717) is 30.3 Å². The van der Waals surface area contributed by atoms with E-state index >= 15 is 0 Å². The molecule has 0 aliphatic carbocycles. The predicted octanol–water partition coefficient (Wildman–Crippen LogP) is 1.32. The molecular weight excluding hydrogens is 332 g/mol. The van der Waals surface area contributed by atoms with Crippen LogP contribution in [-0.2, 0) is 4.79 Å². The van der Waals surface area contributed by atoms with Gasteiger partial charge in [-0.2, -0.15) is 0 Å². The van der Waals surface area contributed by atoms with Gasteiger partial charge in [-0.25, -0.2) is 4.98 Å². The lowest BCUT2D eigenvalue weighted by atomic mass is 9.92. The second-order valence-corrected chi connectivity index (χ2v) is 6.31. The first-order valence-corrected chi connectivity index (χ1v) is 8.42. The number of likely N-dealkylation sites (tertiary alicyclic amines) is 1. The number of anilines is 2. The molecule has 0 aromatic carbocycles. The number of aromatic amines is 1. The van der Waals surface area contributed by atoms with Crippen molar-refractivity contribution in [1.29, 1.82) is 0 Å². The lowest BCUT2D eigenvalue weighted by Gasteiger charge is -2.42. The molecule has 136 valence electrons. The Bertz CT molecular complexity index is 872. The van der Waals surface area contributed by atoms with E-state index in [2.05, 4.69) is 32.2 Å². The molecule has 0 bridgehead atoms. The minimum Gasteiger partial charge on any atom is -0.378 e. The van der Waals surface area contributed by atoms with Crippen LogP contribution in [-0.4, -0.2) is 51.9 Å². The molecule has 8 nitrogen and oxygen atoms in total. The fourth-order valence-corrected chi connectivity index (χ4v) is 2.87. The largest absolute Gasteiger partial charge is 0.378 e. The number of hydrogen-bond acceptors (Lipinski definition) is 6. The van der Waals surface area contributed by atoms with Crippen molar-refractivity contribution in [2.24, 2.45) is 5.92 Å². The molecule has 2 aromatic rings. The van der Waals surface area contributed by atoms with Crippen LogP contribution in [0.25, 0.3) is 11.3 Å². The molecule has 1 amide bonds. The first kappa shape index (κ1) is 17.7. The average molecular weight is 354 g/mol. The van der Waals surface area contributed by atoms with E-state index in [4.69, 9.17) is 0 Å². The Kier molecular flexibility index (Phi) is 5.01. The monoisotopic (exact) mass is 354 g/mol. The number of carbonyl (C=O) groups is 1. The molecule has 0 radical (unpaired) electrons. The van der Waals surface area contributed by atoms with E-state index in [1.807, 2.05) is 6.92 Å². The van der Waals surface area contributed by atoms with Crippen molar-refractivity contribution in [2.45, 2.75) is 13.0 Å². The maximum absolute atomic E-state index is 12.2. The van der Waals surface area contributed by atoms with Gasteiger partial charge < -0.3 is 20.5 Å². The lowest BCUT2D eigenvalue weighted by molar-refractivity contribution is -0.132. The molecule has 1 saturated heterocycles. The van der Waals surface area contributed by atoms with Crippen LogP contribution in [0.4, 0.5) is 11.5 Å². The second kappa shape index (κ2) is 7.38. The van der Waals surface area contributed by atoms with Crippen molar-refractivity contribution < 1.29 is 4.79 Å². The van der Waals surface area contributed by atoms with Gasteiger partial charge in [0.1, 0.15) is 11.5 Å². The van der Waals surface area contributed by atoms with Crippen LogP contribution in [0.2, 0.25) is 0 Å². The van der Waals surface area contributed by atoms with Gasteiger partial charge in [0.25, 0.3) is 5.56 Å². The summed E-state index contributed by atoms with van der Waals surface area (Å²) < 4.78 is 0. The third-order valence-corrected chi connectivity index (χ3v) is 4.58. The van der Waals surface area contributed by atoms with Gasteiger partial charge in [0.15, 0.2) is 0 Å². The predicted molar refractivity (Wildman–Crippen MR) is 101 cm³/mol. The minimum absolute atomic E-state index is 0.0509. The molecule has 0 spiro atoms. The first-order chi connectivity index (χ1) is 12.5. The summed E-state index contributed by atoms with van der Waals surface area (Å²) in [6, 6.07) is 1.82. The van der Waals surface area contributed by atoms with Crippen molar-refractivity contribution in [1.82, 2.24) is 19.9 Å². The third-order valence-electron chi connectivity index (χ3n) is 4.58. The van der Waals surface area contributed by atoms with Gasteiger partial charge in [-0.05, 0) is 19.1 Å². The molecule has 0 saturated carbocycles. The number of hydrogen-bond donors (Lipinski definition) is 3. The van der Waals surface area contributed by atoms with E-state index in [9.17, 15) is 9.59 Å². The zero-order chi connectivity index (χ0) is 18.7. The van der Waals surface area contributed by atoms with Crippen LogP contribution < -0.4 is 16.2 Å². The molecule has 1 fully saturated rings. The van der Waals surface area contributed by atoms with Crippen LogP contribution in [0.15, 0.2) is 42.1 Å². The number of H-pyrrole nitrogens is 1. The van der Waals surface area contributed by atoms with Gasteiger partial charge in [-0.3, -0.25) is 14.6 Å². The highest BCUT2D eigenvalue weighted by atomic mass is 16.2. The summed E-state index contributed by atoms with van der Waals surface area (Å²) in [6.45, 7) is 6.82. The first-order valence-electron chi connectivity index (χ1n) is 8.42. The van der Waals surface area contributed by atoms with Crippen molar-refractivity contribution in [3.63, 3.8) is 0 Å². The Hall–Kier alpha value is -3.16. The lowest BCUT2D eigenvalue weighted by Crippen LogP contribution is -2.55. The SMILES string of the molecule is C=CC(=O)N1CC(C(C)Nc2cc(-c3cncc(NC)n3)c[nH]c2=O)C1. The van der Waals surface area contributed by atoms with Crippen molar-refractivity contribution in [3.8, 4) is 11.3 Å². The normalized spacial score (nSPS) is 15.1. The van der Waals surface area contributed by atoms with Gasteiger partial charge in [0, 0.05) is 43.9 Å². The summed E-state index contributed by atoms with van der Waals surface area (Å²) in [7, 11) is 1.77. The van der Waals surface area contributed by atoms with Crippen LogP contribution in [0.1, 0.15) is 6.92 Å². The Morgan fingerprint density at radius 3 is 2.92 bits per heavy atom. The van der Waals surface area contributed by atoms with Crippen molar-refractivity contribution in [3.05, 3.63) is 47.7 Å². The van der Waals surface area contributed by atoms with Crippen molar-refractivity contribution in [2.75, 3.05) is 30.8 Å². The summed E-state index contributed by atoms with van der Waals surface area (Å²) in [5, 5.41) is 6.20. The minimum atomic E-state index is -0.198. The number of amides is 1. The summed E-state index contributed by atoms with van der Waals surface area (Å²) in [5.41, 5.74) is 1.70. The Labute approximate surface area is 151 Å². The van der Waals surface area contributed by atoms with E-state index in [0.717, 1.165) is 5.56 Å². The van der Waals surface area contributed by atoms with Crippen LogP contribution in [0.3, 0.4) is 0 Å². The number of nitrogens with zero attached hydrogens (tertiary/aromatic N) is 3. The smallest absolute Gasteiger partial charge is 0.271 e. The van der Waals surface area contributed by atoms with Gasteiger partial charge in [0.05, 0.1) is 18.1 Å². The van der Waals surface area contributed by atoms with E-state index in [1.165, 1.54) is 6.08 Å². The van der Waals surface area contributed by atoms with Crippen LogP contribution >= 0.6 is 0 Å². The maximum atomic E-state index is 12.2. The number of carbonyl (C=O) groups excluding carboxylic acids is 1. The zero-order valence-corrected chi connectivity index (χ0v) is 14.8. The number of aromatic nitrogens is 3. The van der Waals surface area contributed by atoms with Crippen molar-refractivity contribution >= 4 is 17.4 Å². The molecule has 1 atom stereocenters. The van der Waals surface area contributed by atoms with Gasteiger partial charge in [-0.1, -0.05) is 6.58 Å².